The summed E-state index contributed by atoms with van der Waals surface area (Å²) in [4.78, 5) is 35.1. The Hall–Kier alpha value is -3.11. The summed E-state index contributed by atoms with van der Waals surface area (Å²) in [5, 5.41) is 10.5. The smallest absolute Gasteiger partial charge is 0.308 e. The summed E-state index contributed by atoms with van der Waals surface area (Å²) in [5.41, 5.74) is 0.902. The first-order valence-corrected chi connectivity index (χ1v) is 14.5. The summed E-state index contributed by atoms with van der Waals surface area (Å²) in [6, 6.07) is 5.40. The minimum absolute atomic E-state index is 0.0762. The van der Waals surface area contributed by atoms with E-state index in [9.17, 15) is 14.7 Å². The van der Waals surface area contributed by atoms with Gasteiger partial charge in [-0.2, -0.15) is 0 Å². The number of carbonyl (C=O) groups excluding carboxylic acids is 1. The molecule has 10 heteroatoms. The van der Waals surface area contributed by atoms with Gasteiger partial charge in [-0.25, -0.2) is 4.98 Å². The number of carboxylic acids is 1. The lowest BCUT2D eigenvalue weighted by molar-refractivity contribution is -0.870. The Morgan fingerprint density at radius 1 is 1.15 bits per heavy atom. The number of aliphatic carboxylic acids is 1. The fourth-order valence-corrected chi connectivity index (χ4v) is 5.97. The average Bonchev–Trinajstić information content (AvgIpc) is 3.62. The molecule has 1 fully saturated rings. The number of aryl methyl sites for hydroxylation is 2. The number of hydrogen-bond acceptors (Lipinski definition) is 6. The van der Waals surface area contributed by atoms with Crippen LogP contribution >= 0.6 is 0 Å². The van der Waals surface area contributed by atoms with Gasteiger partial charge in [-0.1, -0.05) is 19.4 Å². The number of quaternary nitrogens is 1. The fraction of sp³-hybridized carbons (Fsp3) is 0.633. The number of unbranched alkanes of at least 4 members (excludes halogenated alkanes) is 1. The summed E-state index contributed by atoms with van der Waals surface area (Å²) in [6.45, 7) is 5.44. The highest BCUT2D eigenvalue weighted by Crippen LogP contribution is 2.43. The first-order valence-electron chi connectivity index (χ1n) is 14.5. The van der Waals surface area contributed by atoms with Gasteiger partial charge in [0.25, 0.3) is 0 Å². The van der Waals surface area contributed by atoms with Crippen LogP contribution in [0, 0.1) is 5.92 Å². The van der Waals surface area contributed by atoms with Crippen molar-refractivity contribution in [2.75, 3.05) is 60.7 Å². The number of imidazole rings is 1. The second-order valence-electron chi connectivity index (χ2n) is 12.2. The molecule has 220 valence electrons. The molecule has 0 aliphatic carbocycles. The van der Waals surface area contributed by atoms with Crippen LogP contribution in [-0.4, -0.2) is 108 Å². The molecule has 1 aromatic carbocycles. The number of aromatic nitrogens is 2. The van der Waals surface area contributed by atoms with Crippen LogP contribution in [-0.2, 0) is 23.1 Å². The van der Waals surface area contributed by atoms with Crippen molar-refractivity contribution >= 4 is 11.9 Å². The summed E-state index contributed by atoms with van der Waals surface area (Å²) < 4.78 is 13.9. The first-order chi connectivity index (χ1) is 19.1. The lowest BCUT2D eigenvalue weighted by Gasteiger charge is -2.30. The van der Waals surface area contributed by atoms with E-state index in [1.807, 2.05) is 40.9 Å². The quantitative estimate of drug-likeness (QED) is 0.358. The fourth-order valence-electron chi connectivity index (χ4n) is 5.97. The standard InChI is InChI=1S/C30H45N5O5/c1-6-7-14-33(15-8-17-35(3,4)5)28(36)20-34-19-23(22-9-11-25-26(18-22)40-21-39-25)29(30(37)38)24(34)10-12-27-31-13-16-32(27)2/h9,11,13,16,18,23-24,29H,6-8,10,12,14-15,17,19-21H2,1-5H3/p+1/t23-,24+,29?/m1/s1. The van der Waals surface area contributed by atoms with E-state index in [4.69, 9.17) is 9.47 Å². The van der Waals surface area contributed by atoms with Crippen LogP contribution in [0.5, 0.6) is 11.5 Å². The minimum Gasteiger partial charge on any atom is -0.481 e. The van der Waals surface area contributed by atoms with Gasteiger partial charge in [0.2, 0.25) is 12.7 Å². The zero-order valence-electron chi connectivity index (χ0n) is 24.7. The largest absolute Gasteiger partial charge is 0.481 e. The van der Waals surface area contributed by atoms with Gasteiger partial charge in [0.05, 0.1) is 40.2 Å². The number of amides is 1. The number of fused-ring (bicyclic) bond motifs is 1. The molecule has 10 nitrogen and oxygen atoms in total. The number of likely N-dealkylation sites (tertiary alicyclic amines) is 1. The predicted octanol–water partition coefficient (Wildman–Crippen LogP) is 2.98. The van der Waals surface area contributed by atoms with E-state index in [2.05, 4.69) is 38.0 Å². The van der Waals surface area contributed by atoms with Gasteiger partial charge in [0.1, 0.15) is 5.82 Å². The minimum atomic E-state index is -0.840. The number of ether oxygens (including phenoxy) is 2. The first kappa shape index (κ1) is 29.9. The third kappa shape index (κ3) is 7.34. The van der Waals surface area contributed by atoms with Crippen molar-refractivity contribution in [3.8, 4) is 11.5 Å². The van der Waals surface area contributed by atoms with Crippen molar-refractivity contribution in [2.24, 2.45) is 13.0 Å². The monoisotopic (exact) mass is 556 g/mol. The van der Waals surface area contributed by atoms with Gasteiger partial charge in [-0.3, -0.25) is 14.5 Å². The van der Waals surface area contributed by atoms with Crippen molar-refractivity contribution in [1.82, 2.24) is 19.4 Å². The Morgan fingerprint density at radius 2 is 1.90 bits per heavy atom. The third-order valence-electron chi connectivity index (χ3n) is 8.17. The molecule has 2 aliphatic heterocycles. The molecule has 1 aromatic heterocycles. The van der Waals surface area contributed by atoms with Gasteiger partial charge in [-0.05, 0) is 30.5 Å². The molecule has 0 spiro atoms. The molecule has 0 radical (unpaired) electrons. The van der Waals surface area contributed by atoms with Crippen LogP contribution in [0.15, 0.2) is 30.6 Å². The highest BCUT2D eigenvalue weighted by atomic mass is 16.7. The zero-order valence-corrected chi connectivity index (χ0v) is 24.7. The van der Waals surface area contributed by atoms with Crippen LogP contribution in [0.3, 0.4) is 0 Å². The molecule has 1 unspecified atom stereocenters. The second kappa shape index (κ2) is 13.0. The normalized spacial score (nSPS) is 20.7. The lowest BCUT2D eigenvalue weighted by Crippen LogP contribution is -2.45. The highest BCUT2D eigenvalue weighted by Gasteiger charge is 2.47. The number of benzene rings is 1. The second-order valence-corrected chi connectivity index (χ2v) is 12.2. The Balaban J connectivity index is 1.57. The summed E-state index contributed by atoms with van der Waals surface area (Å²) >= 11 is 0. The van der Waals surface area contributed by atoms with E-state index in [1.54, 1.807) is 6.20 Å². The molecule has 1 N–H and O–H groups in total. The molecule has 3 atom stereocenters. The summed E-state index contributed by atoms with van der Waals surface area (Å²) in [5.74, 6) is 0.535. The van der Waals surface area contributed by atoms with Crippen molar-refractivity contribution in [3.63, 3.8) is 0 Å². The predicted molar refractivity (Wildman–Crippen MR) is 152 cm³/mol. The molecule has 3 heterocycles. The molecular formula is C30H46N5O5+. The third-order valence-corrected chi connectivity index (χ3v) is 8.17. The van der Waals surface area contributed by atoms with E-state index in [1.165, 1.54) is 0 Å². The van der Waals surface area contributed by atoms with E-state index < -0.39 is 11.9 Å². The molecule has 0 bridgehead atoms. The topological polar surface area (TPSA) is 97.1 Å². The van der Waals surface area contributed by atoms with Crippen molar-refractivity contribution in [2.45, 2.75) is 51.0 Å². The van der Waals surface area contributed by atoms with Gasteiger partial charge in [0.15, 0.2) is 11.5 Å². The number of carbonyl (C=O) groups is 2. The van der Waals surface area contributed by atoms with Crippen molar-refractivity contribution in [3.05, 3.63) is 42.0 Å². The molecule has 1 saturated heterocycles. The average molecular weight is 557 g/mol. The zero-order chi connectivity index (χ0) is 28.9. The van der Waals surface area contributed by atoms with Crippen LogP contribution in [0.4, 0.5) is 0 Å². The van der Waals surface area contributed by atoms with Crippen LogP contribution in [0.25, 0.3) is 0 Å². The summed E-state index contributed by atoms with van der Waals surface area (Å²) in [7, 11) is 8.44. The van der Waals surface area contributed by atoms with E-state index in [0.717, 1.165) is 48.2 Å². The molecule has 4 rings (SSSR count). The maximum Gasteiger partial charge on any atom is 0.308 e. The molecule has 1 amide bonds. The van der Waals surface area contributed by atoms with E-state index in [0.29, 0.717) is 37.4 Å². The van der Waals surface area contributed by atoms with E-state index >= 15 is 0 Å². The maximum atomic E-state index is 13.7. The Bertz CT molecular complexity index is 1160. The summed E-state index contributed by atoms with van der Waals surface area (Å²) in [6.07, 6.45) is 7.80. The Kier molecular flexibility index (Phi) is 9.73. The number of rotatable bonds is 14. The van der Waals surface area contributed by atoms with Crippen LogP contribution < -0.4 is 9.47 Å². The van der Waals surface area contributed by atoms with Gasteiger partial charge >= 0.3 is 5.97 Å². The van der Waals surface area contributed by atoms with Crippen LogP contribution in [0.1, 0.15) is 49.9 Å². The van der Waals surface area contributed by atoms with Gasteiger partial charge in [-0.15, -0.1) is 0 Å². The lowest BCUT2D eigenvalue weighted by atomic mass is 9.83. The Morgan fingerprint density at radius 3 is 2.58 bits per heavy atom. The van der Waals surface area contributed by atoms with Crippen molar-refractivity contribution in [1.29, 1.82) is 0 Å². The Labute approximate surface area is 238 Å². The SMILES string of the molecule is CCCCN(CCC[N+](C)(C)C)C(=O)CN1C[C@H](c2ccc3c(c2)OCO3)C(C(=O)O)[C@@H]1CCc1nccn1C. The van der Waals surface area contributed by atoms with Gasteiger partial charge in [0, 0.05) is 63.9 Å². The van der Waals surface area contributed by atoms with E-state index in [-0.39, 0.29) is 31.2 Å². The molecule has 0 saturated carbocycles. The molecule has 2 aromatic rings. The van der Waals surface area contributed by atoms with Crippen molar-refractivity contribution < 1.29 is 28.7 Å². The van der Waals surface area contributed by atoms with Gasteiger partial charge < -0.3 is 28.5 Å². The molecule has 2 aliphatic rings. The van der Waals surface area contributed by atoms with Crippen LogP contribution in [0.2, 0.25) is 0 Å². The maximum absolute atomic E-state index is 13.7. The number of nitrogens with zero attached hydrogens (tertiary/aromatic N) is 5. The number of hydrogen-bond donors (Lipinski definition) is 1. The molecule has 40 heavy (non-hydrogen) atoms. The molecular weight excluding hydrogens is 510 g/mol. The highest BCUT2D eigenvalue weighted by molar-refractivity contribution is 5.79. The number of carboxylic acid groups (broad SMARTS) is 1.